The van der Waals surface area contributed by atoms with E-state index in [0.717, 1.165) is 0 Å². The van der Waals surface area contributed by atoms with Gasteiger partial charge in [-0.05, 0) is 46.2 Å². The van der Waals surface area contributed by atoms with Gasteiger partial charge >= 0.3 is 5.97 Å². The summed E-state index contributed by atoms with van der Waals surface area (Å²) in [6, 6.07) is 1.49. The van der Waals surface area contributed by atoms with Crippen LogP contribution in [0.25, 0.3) is 0 Å². The lowest BCUT2D eigenvalue weighted by Gasteiger charge is -2.11. The molecule has 0 saturated carbocycles. The minimum Gasteiger partial charge on any atom is -0.469 e. The number of furan rings is 1. The summed E-state index contributed by atoms with van der Waals surface area (Å²) in [4.78, 5) is 39.1. The second-order valence-corrected chi connectivity index (χ2v) is 5.48. The molecule has 6 heteroatoms. The Morgan fingerprint density at radius 2 is 1.87 bits per heavy atom. The van der Waals surface area contributed by atoms with Gasteiger partial charge in [-0.25, -0.2) is 4.79 Å². The third-order valence-electron chi connectivity index (χ3n) is 3.77. The number of rotatable bonds is 5. The van der Waals surface area contributed by atoms with Gasteiger partial charge in [-0.3, -0.25) is 9.59 Å². The normalized spacial score (nSPS) is 12.0. The number of carbonyl (C=O) groups is 3. The van der Waals surface area contributed by atoms with E-state index >= 15 is 0 Å². The monoisotopic (exact) mass is 317 g/mol. The van der Waals surface area contributed by atoms with Crippen LogP contribution in [0.2, 0.25) is 0 Å². The lowest BCUT2D eigenvalue weighted by atomic mass is 10.0. The number of aryl methyl sites for hydroxylation is 2. The molecule has 0 bridgehead atoms. The summed E-state index contributed by atoms with van der Waals surface area (Å²) in [7, 11) is 0. The van der Waals surface area contributed by atoms with E-state index in [1.807, 2.05) is 0 Å². The van der Waals surface area contributed by atoms with Gasteiger partial charge in [-0.2, -0.15) is 0 Å². The zero-order valence-electron chi connectivity index (χ0n) is 13.8. The predicted octanol–water partition coefficient (Wildman–Crippen LogP) is 3.16. The first-order valence-electron chi connectivity index (χ1n) is 7.23. The lowest BCUT2D eigenvalue weighted by Crippen LogP contribution is -2.25. The molecule has 0 aliphatic carbocycles. The number of aromatic nitrogens is 1. The number of nitrogens with one attached hydrogen (secondary N) is 1. The van der Waals surface area contributed by atoms with Crippen LogP contribution in [0.4, 0.5) is 0 Å². The van der Waals surface area contributed by atoms with Gasteiger partial charge in [0.2, 0.25) is 5.78 Å². The minimum atomic E-state index is -0.978. The molecular formula is C17H19NO5. The molecule has 1 unspecified atom stereocenters. The van der Waals surface area contributed by atoms with Crippen molar-refractivity contribution >= 4 is 17.5 Å². The van der Waals surface area contributed by atoms with Crippen LogP contribution in [0.3, 0.4) is 0 Å². The number of hydrogen-bond acceptors (Lipinski definition) is 5. The van der Waals surface area contributed by atoms with Crippen molar-refractivity contribution in [1.29, 1.82) is 0 Å². The third-order valence-corrected chi connectivity index (χ3v) is 3.77. The molecule has 23 heavy (non-hydrogen) atoms. The number of H-pyrrole nitrogens is 1. The summed E-state index contributed by atoms with van der Waals surface area (Å²) >= 11 is 0. The topological polar surface area (TPSA) is 89.4 Å². The Hall–Kier alpha value is -2.63. The molecule has 2 heterocycles. The van der Waals surface area contributed by atoms with Gasteiger partial charge in [0.15, 0.2) is 11.9 Å². The first-order valence-corrected chi connectivity index (χ1v) is 7.23. The molecule has 0 aliphatic rings. The molecule has 0 fully saturated rings. The molecule has 6 nitrogen and oxygen atoms in total. The van der Waals surface area contributed by atoms with Gasteiger partial charge < -0.3 is 14.1 Å². The predicted molar refractivity (Wildman–Crippen MR) is 82.9 cm³/mol. The van der Waals surface area contributed by atoms with Crippen molar-refractivity contribution in [3.63, 3.8) is 0 Å². The summed E-state index contributed by atoms with van der Waals surface area (Å²) in [5.41, 5.74) is 2.27. The average Bonchev–Trinajstić information content (AvgIpc) is 3.01. The number of ketones is 2. The van der Waals surface area contributed by atoms with Crippen LogP contribution in [0.15, 0.2) is 16.7 Å². The SMILES string of the molecule is CC(=O)c1c(C)[nH]c(C(=O)C(C)OC(=O)c2ccoc2C)c1C. The Balaban J connectivity index is 2.21. The zero-order valence-corrected chi connectivity index (χ0v) is 13.8. The minimum absolute atomic E-state index is 0.117. The lowest BCUT2D eigenvalue weighted by molar-refractivity contribution is 0.0315. The highest BCUT2D eigenvalue weighted by Crippen LogP contribution is 2.21. The molecule has 0 aromatic carbocycles. The maximum absolute atomic E-state index is 12.5. The summed E-state index contributed by atoms with van der Waals surface area (Å²) in [5, 5.41) is 0. The highest BCUT2D eigenvalue weighted by molar-refractivity contribution is 6.05. The van der Waals surface area contributed by atoms with Crippen LogP contribution in [0.5, 0.6) is 0 Å². The Labute approximate surface area is 133 Å². The number of esters is 1. The van der Waals surface area contributed by atoms with Crippen LogP contribution in [-0.4, -0.2) is 28.6 Å². The van der Waals surface area contributed by atoms with E-state index in [-0.39, 0.29) is 22.8 Å². The molecular weight excluding hydrogens is 298 g/mol. The quantitative estimate of drug-likeness (QED) is 0.676. The van der Waals surface area contributed by atoms with Crippen molar-refractivity contribution in [2.24, 2.45) is 0 Å². The van der Waals surface area contributed by atoms with E-state index < -0.39 is 12.1 Å². The number of Topliss-reactive ketones (excluding diaryl/α,β-unsaturated/α-hetero) is 2. The summed E-state index contributed by atoms with van der Waals surface area (Å²) in [6.45, 7) is 8.01. The van der Waals surface area contributed by atoms with Crippen molar-refractivity contribution < 1.29 is 23.5 Å². The van der Waals surface area contributed by atoms with Crippen molar-refractivity contribution in [2.75, 3.05) is 0 Å². The molecule has 0 spiro atoms. The van der Waals surface area contributed by atoms with Crippen LogP contribution in [0.1, 0.15) is 62.1 Å². The molecule has 0 saturated heterocycles. The maximum Gasteiger partial charge on any atom is 0.342 e. The first kappa shape index (κ1) is 16.7. The molecule has 1 atom stereocenters. The fourth-order valence-electron chi connectivity index (χ4n) is 2.60. The summed E-state index contributed by atoms with van der Waals surface area (Å²) < 4.78 is 10.3. The number of hydrogen-bond donors (Lipinski definition) is 1. The second kappa shape index (κ2) is 6.24. The standard InChI is InChI=1S/C17H19NO5/c1-8-14(10(3)19)9(2)18-15(8)16(20)12(5)23-17(21)13-6-7-22-11(13)4/h6-7,12,18H,1-5H3. The zero-order chi connectivity index (χ0) is 17.3. The number of ether oxygens (including phenoxy) is 1. The average molecular weight is 317 g/mol. The van der Waals surface area contributed by atoms with Gasteiger partial charge in [-0.15, -0.1) is 0 Å². The molecule has 2 aromatic heterocycles. The molecule has 2 aromatic rings. The van der Waals surface area contributed by atoms with Crippen LogP contribution in [-0.2, 0) is 4.74 Å². The molecule has 2 rings (SSSR count). The maximum atomic E-state index is 12.5. The van der Waals surface area contributed by atoms with Gasteiger partial charge in [0, 0.05) is 11.3 Å². The van der Waals surface area contributed by atoms with E-state index in [0.29, 0.717) is 22.6 Å². The van der Waals surface area contributed by atoms with Crippen molar-refractivity contribution in [2.45, 2.75) is 40.7 Å². The van der Waals surface area contributed by atoms with Gasteiger partial charge in [0.1, 0.15) is 11.3 Å². The Kier molecular flexibility index (Phi) is 4.54. The Bertz CT molecular complexity index is 781. The largest absolute Gasteiger partial charge is 0.469 e. The van der Waals surface area contributed by atoms with Crippen molar-refractivity contribution in [1.82, 2.24) is 4.98 Å². The number of carbonyl (C=O) groups excluding carboxylic acids is 3. The Morgan fingerprint density at radius 1 is 1.22 bits per heavy atom. The molecule has 122 valence electrons. The van der Waals surface area contributed by atoms with E-state index in [1.54, 1.807) is 20.8 Å². The fraction of sp³-hybridized carbons (Fsp3) is 0.353. The smallest absolute Gasteiger partial charge is 0.342 e. The van der Waals surface area contributed by atoms with E-state index in [2.05, 4.69) is 4.98 Å². The van der Waals surface area contributed by atoms with E-state index in [4.69, 9.17) is 9.15 Å². The van der Waals surface area contributed by atoms with Gasteiger partial charge in [0.25, 0.3) is 0 Å². The third kappa shape index (κ3) is 3.11. The highest BCUT2D eigenvalue weighted by atomic mass is 16.5. The number of aromatic amines is 1. The van der Waals surface area contributed by atoms with Gasteiger partial charge in [0.05, 0.1) is 12.0 Å². The second-order valence-electron chi connectivity index (χ2n) is 5.48. The Morgan fingerprint density at radius 3 is 2.35 bits per heavy atom. The van der Waals surface area contributed by atoms with E-state index in [9.17, 15) is 14.4 Å². The molecule has 0 amide bonds. The molecule has 1 N–H and O–H groups in total. The summed E-state index contributed by atoms with van der Waals surface area (Å²) in [6.07, 6.45) is 0.407. The first-order chi connectivity index (χ1) is 10.7. The fourth-order valence-corrected chi connectivity index (χ4v) is 2.60. The summed E-state index contributed by atoms with van der Waals surface area (Å²) in [5.74, 6) is -0.688. The van der Waals surface area contributed by atoms with Crippen molar-refractivity contribution in [3.05, 3.63) is 46.2 Å². The van der Waals surface area contributed by atoms with Crippen LogP contribution < -0.4 is 0 Å². The van der Waals surface area contributed by atoms with Crippen molar-refractivity contribution in [3.8, 4) is 0 Å². The highest BCUT2D eigenvalue weighted by Gasteiger charge is 2.27. The van der Waals surface area contributed by atoms with Crippen LogP contribution in [0, 0.1) is 20.8 Å². The molecule has 0 aliphatic heterocycles. The van der Waals surface area contributed by atoms with Crippen LogP contribution >= 0.6 is 0 Å². The molecule has 0 radical (unpaired) electrons. The van der Waals surface area contributed by atoms with E-state index in [1.165, 1.54) is 26.2 Å². The van der Waals surface area contributed by atoms with Gasteiger partial charge in [-0.1, -0.05) is 0 Å².